The second kappa shape index (κ2) is 3.81. The lowest BCUT2D eigenvalue weighted by molar-refractivity contribution is 0.529. The molecule has 1 heterocycles. The number of hydrogen-bond acceptors (Lipinski definition) is 2. The molecule has 0 radical (unpaired) electrons. The average molecular weight is 231 g/mol. The fourth-order valence-electron chi connectivity index (χ4n) is 1.05. The van der Waals surface area contributed by atoms with E-state index >= 15 is 0 Å². The van der Waals surface area contributed by atoms with Gasteiger partial charge in [0.2, 0.25) is 5.29 Å². The van der Waals surface area contributed by atoms with E-state index in [1.165, 1.54) is 0 Å². The molecule has 0 atom stereocenters. The third kappa shape index (κ3) is 3.16. The largest absolute Gasteiger partial charge is 0.346 e. The van der Waals surface area contributed by atoms with Gasteiger partial charge in [-0.25, -0.2) is 0 Å². The Morgan fingerprint density at radius 2 is 1.83 bits per heavy atom. The Hall–Kier alpha value is -0.000000000000000111. The summed E-state index contributed by atoms with van der Waals surface area (Å²) in [5, 5.41) is -0.0394. The molecule has 0 amide bonds. The van der Waals surface area contributed by atoms with Gasteiger partial charge in [-0.3, -0.25) is 0 Å². The molecule has 0 spiro atoms. The molecule has 7 heteroatoms. The van der Waals surface area contributed by atoms with Gasteiger partial charge < -0.3 is 4.90 Å². The Morgan fingerprint density at radius 1 is 1.33 bits per heavy atom. The molecule has 0 aromatic heterocycles. The fraction of sp³-hybridized carbons (Fsp3) is 0.800. The number of amidine groups is 1. The molecule has 0 bridgehead atoms. The minimum atomic E-state index is -3.87. The van der Waals surface area contributed by atoms with Gasteiger partial charge in [0.25, 0.3) is 0 Å². The van der Waals surface area contributed by atoms with E-state index in [-0.39, 0.29) is 5.29 Å². The molecule has 1 aliphatic heterocycles. The van der Waals surface area contributed by atoms with Crippen molar-refractivity contribution < 1.29 is 8.42 Å². The van der Waals surface area contributed by atoms with Crippen LogP contribution in [0.4, 0.5) is 0 Å². The van der Waals surface area contributed by atoms with Gasteiger partial charge in [-0.15, -0.1) is 4.40 Å². The summed E-state index contributed by atoms with van der Waals surface area (Å²) in [6, 6.07) is 0. The van der Waals surface area contributed by atoms with Gasteiger partial charge in [0, 0.05) is 23.8 Å². The standard InChI is InChI=1S/C5H8Cl2N2O2S/c6-5(8-12(7,10)11)9-3-1-2-4-9/h1-4H2/b8-5-. The van der Waals surface area contributed by atoms with Crippen molar-refractivity contribution in [3.8, 4) is 0 Å². The Labute approximate surface area is 80.7 Å². The number of likely N-dealkylation sites (tertiary alicyclic amines) is 1. The van der Waals surface area contributed by atoms with Gasteiger partial charge in [0.15, 0.2) is 0 Å². The van der Waals surface area contributed by atoms with Crippen LogP contribution in [0.3, 0.4) is 0 Å². The van der Waals surface area contributed by atoms with Gasteiger partial charge in [-0.05, 0) is 24.4 Å². The maximum Gasteiger partial charge on any atom is 0.342 e. The van der Waals surface area contributed by atoms with Gasteiger partial charge in [-0.1, -0.05) is 0 Å². The molecule has 4 nitrogen and oxygen atoms in total. The molecular formula is C5H8Cl2N2O2S. The number of rotatable bonds is 1. The molecule has 70 valence electrons. The Bertz CT molecular complexity index is 282. The van der Waals surface area contributed by atoms with Crippen LogP contribution in [0.15, 0.2) is 4.40 Å². The lowest BCUT2D eigenvalue weighted by atomic mass is 10.4. The zero-order valence-corrected chi connectivity index (χ0v) is 8.53. The van der Waals surface area contributed by atoms with Crippen LogP contribution in [0.5, 0.6) is 0 Å². The number of halogens is 2. The molecular weight excluding hydrogens is 223 g/mol. The van der Waals surface area contributed by atoms with E-state index < -0.39 is 9.24 Å². The van der Waals surface area contributed by atoms with Gasteiger partial charge in [-0.2, -0.15) is 8.42 Å². The molecule has 12 heavy (non-hydrogen) atoms. The van der Waals surface area contributed by atoms with Crippen LogP contribution in [0.1, 0.15) is 12.8 Å². The summed E-state index contributed by atoms with van der Waals surface area (Å²) in [5.41, 5.74) is 0. The van der Waals surface area contributed by atoms with E-state index in [9.17, 15) is 8.42 Å². The molecule has 0 saturated carbocycles. The van der Waals surface area contributed by atoms with Gasteiger partial charge in [0.1, 0.15) is 0 Å². The van der Waals surface area contributed by atoms with Crippen LogP contribution in [0.2, 0.25) is 0 Å². The van der Waals surface area contributed by atoms with E-state index in [4.69, 9.17) is 22.3 Å². The second-order valence-corrected chi connectivity index (χ2v) is 4.98. The summed E-state index contributed by atoms with van der Waals surface area (Å²) in [6.45, 7) is 1.49. The van der Waals surface area contributed by atoms with E-state index in [0.29, 0.717) is 0 Å². The summed E-state index contributed by atoms with van der Waals surface area (Å²) in [4.78, 5) is 1.68. The van der Waals surface area contributed by atoms with E-state index in [0.717, 1.165) is 25.9 Å². The highest BCUT2D eigenvalue weighted by Gasteiger charge is 2.16. The first-order valence-corrected chi connectivity index (χ1v) is 6.08. The average Bonchev–Trinajstić information content (AvgIpc) is 2.32. The predicted octanol–water partition coefficient (Wildman–Crippen LogP) is 1.16. The van der Waals surface area contributed by atoms with E-state index in [1.807, 2.05) is 0 Å². The molecule has 0 unspecified atom stereocenters. The summed E-state index contributed by atoms with van der Waals surface area (Å²) in [5.74, 6) is 0. The van der Waals surface area contributed by atoms with Crippen LogP contribution < -0.4 is 0 Å². The van der Waals surface area contributed by atoms with Crippen LogP contribution in [-0.4, -0.2) is 31.7 Å². The zero-order chi connectivity index (χ0) is 9.19. The van der Waals surface area contributed by atoms with Crippen molar-refractivity contribution in [1.29, 1.82) is 0 Å². The molecule has 0 aliphatic carbocycles. The van der Waals surface area contributed by atoms with Crippen molar-refractivity contribution in [3.63, 3.8) is 0 Å². The lowest BCUT2D eigenvalue weighted by Gasteiger charge is -2.12. The Morgan fingerprint density at radius 3 is 2.25 bits per heavy atom. The maximum absolute atomic E-state index is 10.5. The first-order valence-electron chi connectivity index (χ1n) is 3.44. The van der Waals surface area contributed by atoms with Gasteiger partial charge in [0.05, 0.1) is 0 Å². The van der Waals surface area contributed by atoms with Crippen LogP contribution in [0, 0.1) is 0 Å². The summed E-state index contributed by atoms with van der Waals surface area (Å²) in [7, 11) is 1.01. The van der Waals surface area contributed by atoms with Crippen molar-refractivity contribution in [3.05, 3.63) is 0 Å². The molecule has 1 rings (SSSR count). The van der Waals surface area contributed by atoms with E-state index in [2.05, 4.69) is 4.40 Å². The fourth-order valence-corrected chi connectivity index (χ4v) is 2.09. The van der Waals surface area contributed by atoms with Crippen molar-refractivity contribution >= 4 is 36.8 Å². The maximum atomic E-state index is 10.5. The first kappa shape index (κ1) is 10.1. The van der Waals surface area contributed by atoms with Crippen molar-refractivity contribution in [2.45, 2.75) is 12.8 Å². The highest BCUT2D eigenvalue weighted by molar-refractivity contribution is 8.12. The SMILES string of the molecule is O=S(=O)(Cl)/N=C(/Cl)N1CCCC1. The quantitative estimate of drug-likeness (QED) is 0.294. The van der Waals surface area contributed by atoms with Crippen LogP contribution in [0.25, 0.3) is 0 Å². The summed E-state index contributed by atoms with van der Waals surface area (Å²) in [6.07, 6.45) is 2.02. The summed E-state index contributed by atoms with van der Waals surface area (Å²) >= 11 is 5.58. The topological polar surface area (TPSA) is 49.7 Å². The molecule has 0 aromatic rings. The Balaban J connectivity index is 2.69. The zero-order valence-electron chi connectivity index (χ0n) is 6.20. The van der Waals surface area contributed by atoms with Crippen molar-refractivity contribution in [2.24, 2.45) is 4.40 Å². The monoisotopic (exact) mass is 230 g/mol. The normalized spacial score (nSPS) is 20.2. The van der Waals surface area contributed by atoms with Gasteiger partial charge >= 0.3 is 9.24 Å². The van der Waals surface area contributed by atoms with E-state index in [1.54, 1.807) is 4.90 Å². The van der Waals surface area contributed by atoms with Crippen molar-refractivity contribution in [2.75, 3.05) is 13.1 Å². The number of nitrogens with zero attached hydrogens (tertiary/aromatic N) is 2. The molecule has 1 saturated heterocycles. The Kier molecular flexibility index (Phi) is 3.20. The summed E-state index contributed by atoms with van der Waals surface area (Å²) < 4.78 is 24.1. The third-order valence-corrected chi connectivity index (χ3v) is 2.57. The highest BCUT2D eigenvalue weighted by atomic mass is 35.7. The molecule has 1 aliphatic rings. The first-order chi connectivity index (χ1) is 5.49. The minimum Gasteiger partial charge on any atom is -0.346 e. The smallest absolute Gasteiger partial charge is 0.342 e. The lowest BCUT2D eigenvalue weighted by Crippen LogP contribution is -2.23. The minimum absolute atomic E-state index is 0.0394. The molecule has 0 N–H and O–H groups in total. The van der Waals surface area contributed by atoms with Crippen LogP contribution in [-0.2, 0) is 9.24 Å². The second-order valence-electron chi connectivity index (χ2n) is 2.47. The molecule has 1 fully saturated rings. The third-order valence-electron chi connectivity index (χ3n) is 1.55. The molecule has 0 aromatic carbocycles. The highest BCUT2D eigenvalue weighted by Crippen LogP contribution is 2.12. The van der Waals surface area contributed by atoms with Crippen molar-refractivity contribution in [1.82, 2.24) is 4.90 Å². The number of hydrogen-bond donors (Lipinski definition) is 0. The predicted molar refractivity (Wildman–Crippen MR) is 48.9 cm³/mol. The van der Waals surface area contributed by atoms with Crippen LogP contribution >= 0.6 is 22.3 Å².